The van der Waals surface area contributed by atoms with Crippen molar-refractivity contribution in [3.8, 4) is 5.75 Å². The van der Waals surface area contributed by atoms with Crippen LogP contribution >= 0.6 is 0 Å². The summed E-state index contributed by atoms with van der Waals surface area (Å²) in [5.41, 5.74) is 6.78. The Kier molecular flexibility index (Phi) is 4.90. The lowest BCUT2D eigenvalue weighted by molar-refractivity contribution is 0.399. The van der Waals surface area contributed by atoms with Crippen LogP contribution in [0.3, 0.4) is 0 Å². The highest BCUT2D eigenvalue weighted by Gasteiger charge is 2.21. The maximum Gasteiger partial charge on any atom is 0.161 e. The number of rotatable bonds is 6. The van der Waals surface area contributed by atoms with E-state index in [9.17, 15) is 8.78 Å². The molecule has 1 aromatic carbocycles. The van der Waals surface area contributed by atoms with E-state index in [2.05, 4.69) is 5.10 Å². The molecule has 0 aliphatic heterocycles. The highest BCUT2D eigenvalue weighted by atomic mass is 19.1. The lowest BCUT2D eigenvalue weighted by atomic mass is 10.0. The van der Waals surface area contributed by atoms with Crippen molar-refractivity contribution in [1.29, 1.82) is 0 Å². The molecule has 0 saturated carbocycles. The SMILES string of the molecule is CCCn1ncc(OC)c1C(N)Cc1c(F)cccc1F. The Balaban J connectivity index is 2.31. The van der Waals surface area contributed by atoms with E-state index in [4.69, 9.17) is 10.5 Å². The molecule has 0 fully saturated rings. The third-order valence-electron chi connectivity index (χ3n) is 3.34. The van der Waals surface area contributed by atoms with E-state index in [1.807, 2.05) is 6.92 Å². The number of aryl methyl sites for hydroxylation is 1. The normalized spacial score (nSPS) is 12.4. The van der Waals surface area contributed by atoms with Crippen LogP contribution in [0, 0.1) is 11.6 Å². The number of hydrogen-bond donors (Lipinski definition) is 1. The van der Waals surface area contributed by atoms with E-state index in [-0.39, 0.29) is 12.0 Å². The van der Waals surface area contributed by atoms with Crippen LogP contribution in [0.2, 0.25) is 0 Å². The Morgan fingerprint density at radius 3 is 2.57 bits per heavy atom. The second kappa shape index (κ2) is 6.67. The van der Waals surface area contributed by atoms with Gasteiger partial charge in [0.25, 0.3) is 0 Å². The molecule has 114 valence electrons. The topological polar surface area (TPSA) is 53.1 Å². The summed E-state index contributed by atoms with van der Waals surface area (Å²) in [5, 5.41) is 4.21. The van der Waals surface area contributed by atoms with Crippen LogP contribution in [-0.4, -0.2) is 16.9 Å². The summed E-state index contributed by atoms with van der Waals surface area (Å²) in [6.07, 6.45) is 2.49. The van der Waals surface area contributed by atoms with Crippen LogP contribution < -0.4 is 10.5 Å². The van der Waals surface area contributed by atoms with Crippen LogP contribution in [0.25, 0.3) is 0 Å². The molecule has 0 amide bonds. The lowest BCUT2D eigenvalue weighted by Gasteiger charge is -2.16. The van der Waals surface area contributed by atoms with Crippen molar-refractivity contribution in [1.82, 2.24) is 9.78 Å². The minimum atomic E-state index is -0.597. The van der Waals surface area contributed by atoms with Crippen molar-refractivity contribution in [3.63, 3.8) is 0 Å². The van der Waals surface area contributed by atoms with Gasteiger partial charge in [-0.15, -0.1) is 0 Å². The van der Waals surface area contributed by atoms with Gasteiger partial charge in [0.1, 0.15) is 11.6 Å². The molecule has 2 aromatic rings. The van der Waals surface area contributed by atoms with Gasteiger partial charge in [0.2, 0.25) is 0 Å². The van der Waals surface area contributed by atoms with Crippen LogP contribution in [0.1, 0.15) is 30.6 Å². The number of methoxy groups -OCH3 is 1. The number of nitrogens with two attached hydrogens (primary N) is 1. The number of hydrogen-bond acceptors (Lipinski definition) is 3. The zero-order chi connectivity index (χ0) is 15.4. The first-order valence-electron chi connectivity index (χ1n) is 6.86. The predicted octanol–water partition coefficient (Wildman–Crippen LogP) is 2.82. The Morgan fingerprint density at radius 2 is 2.00 bits per heavy atom. The van der Waals surface area contributed by atoms with Gasteiger partial charge in [-0.25, -0.2) is 8.78 Å². The maximum atomic E-state index is 13.7. The molecular formula is C15H19F2N3O. The molecule has 0 bridgehead atoms. The molecule has 0 saturated heterocycles. The molecule has 6 heteroatoms. The molecule has 1 atom stereocenters. The summed E-state index contributed by atoms with van der Waals surface area (Å²) >= 11 is 0. The lowest BCUT2D eigenvalue weighted by Crippen LogP contribution is -2.20. The first kappa shape index (κ1) is 15.4. The fraction of sp³-hybridized carbons (Fsp3) is 0.400. The average molecular weight is 295 g/mol. The maximum absolute atomic E-state index is 13.7. The van der Waals surface area contributed by atoms with E-state index in [0.717, 1.165) is 6.42 Å². The van der Waals surface area contributed by atoms with Gasteiger partial charge in [-0.2, -0.15) is 5.10 Å². The smallest absolute Gasteiger partial charge is 0.161 e. The largest absolute Gasteiger partial charge is 0.493 e. The highest BCUT2D eigenvalue weighted by molar-refractivity contribution is 5.31. The van der Waals surface area contributed by atoms with Crippen LogP contribution in [0.15, 0.2) is 24.4 Å². The number of benzene rings is 1. The Morgan fingerprint density at radius 1 is 1.33 bits per heavy atom. The molecule has 0 aliphatic carbocycles. The van der Waals surface area contributed by atoms with Gasteiger partial charge in [0.15, 0.2) is 5.75 Å². The quantitative estimate of drug-likeness (QED) is 0.891. The van der Waals surface area contributed by atoms with Gasteiger partial charge in [-0.3, -0.25) is 4.68 Å². The van der Waals surface area contributed by atoms with Crippen molar-refractivity contribution >= 4 is 0 Å². The average Bonchev–Trinajstić information content (AvgIpc) is 2.86. The fourth-order valence-corrected chi connectivity index (χ4v) is 2.34. The zero-order valence-electron chi connectivity index (χ0n) is 12.1. The standard InChI is InChI=1S/C15H19F2N3O/c1-3-7-20-15(14(21-2)9-19-20)13(18)8-10-11(16)5-4-6-12(10)17/h4-6,9,13H,3,7-8,18H2,1-2H3. The summed E-state index contributed by atoms with van der Waals surface area (Å²) in [6, 6.07) is 3.19. The molecule has 0 radical (unpaired) electrons. The molecule has 4 nitrogen and oxygen atoms in total. The van der Waals surface area contributed by atoms with E-state index in [1.165, 1.54) is 25.3 Å². The molecule has 1 aromatic heterocycles. The summed E-state index contributed by atoms with van der Waals surface area (Å²) in [7, 11) is 1.52. The zero-order valence-corrected chi connectivity index (χ0v) is 12.1. The number of aromatic nitrogens is 2. The number of halogens is 2. The molecular weight excluding hydrogens is 276 g/mol. The summed E-state index contributed by atoms with van der Waals surface area (Å²) < 4.78 is 34.4. The van der Waals surface area contributed by atoms with Gasteiger partial charge >= 0.3 is 0 Å². The number of ether oxygens (including phenoxy) is 1. The first-order chi connectivity index (χ1) is 10.1. The Bertz CT molecular complexity index is 593. The van der Waals surface area contributed by atoms with Gasteiger partial charge in [-0.1, -0.05) is 13.0 Å². The molecule has 0 spiro atoms. The van der Waals surface area contributed by atoms with E-state index in [0.29, 0.717) is 18.0 Å². The number of nitrogens with zero attached hydrogens (tertiary/aromatic N) is 2. The highest BCUT2D eigenvalue weighted by Crippen LogP contribution is 2.27. The molecule has 1 heterocycles. The van der Waals surface area contributed by atoms with E-state index in [1.54, 1.807) is 10.9 Å². The van der Waals surface area contributed by atoms with Crippen molar-refractivity contribution < 1.29 is 13.5 Å². The van der Waals surface area contributed by atoms with Crippen LogP contribution in [-0.2, 0) is 13.0 Å². The minimum Gasteiger partial charge on any atom is -0.493 e. The molecule has 2 rings (SSSR count). The van der Waals surface area contributed by atoms with Crippen molar-refractivity contribution in [2.45, 2.75) is 32.4 Å². The summed E-state index contributed by atoms with van der Waals surface area (Å²) in [6.45, 7) is 2.69. The molecule has 2 N–H and O–H groups in total. The first-order valence-corrected chi connectivity index (χ1v) is 6.86. The molecule has 21 heavy (non-hydrogen) atoms. The van der Waals surface area contributed by atoms with Gasteiger partial charge < -0.3 is 10.5 Å². The second-order valence-corrected chi connectivity index (χ2v) is 4.83. The third-order valence-corrected chi connectivity index (χ3v) is 3.34. The monoisotopic (exact) mass is 295 g/mol. The van der Waals surface area contributed by atoms with Crippen molar-refractivity contribution in [2.75, 3.05) is 7.11 Å². The molecule has 1 unspecified atom stereocenters. The fourth-order valence-electron chi connectivity index (χ4n) is 2.34. The van der Waals surface area contributed by atoms with Crippen LogP contribution in [0.4, 0.5) is 8.78 Å². The van der Waals surface area contributed by atoms with E-state index < -0.39 is 17.7 Å². The van der Waals surface area contributed by atoms with E-state index >= 15 is 0 Å². The summed E-state index contributed by atoms with van der Waals surface area (Å²) in [4.78, 5) is 0. The Hall–Kier alpha value is -1.95. The second-order valence-electron chi connectivity index (χ2n) is 4.83. The van der Waals surface area contributed by atoms with Gasteiger partial charge in [0.05, 0.1) is 25.0 Å². The van der Waals surface area contributed by atoms with Gasteiger partial charge in [0, 0.05) is 12.1 Å². The Labute approximate surface area is 122 Å². The van der Waals surface area contributed by atoms with Gasteiger partial charge in [-0.05, 0) is 25.0 Å². The summed E-state index contributed by atoms with van der Waals surface area (Å²) in [5.74, 6) is -0.648. The van der Waals surface area contributed by atoms with Crippen molar-refractivity contribution in [2.24, 2.45) is 5.73 Å². The predicted molar refractivity (Wildman–Crippen MR) is 76.1 cm³/mol. The third kappa shape index (κ3) is 3.21. The minimum absolute atomic E-state index is 0.0173. The van der Waals surface area contributed by atoms with Crippen molar-refractivity contribution in [3.05, 3.63) is 47.3 Å². The molecule has 0 aliphatic rings. The van der Waals surface area contributed by atoms with Crippen LogP contribution in [0.5, 0.6) is 5.75 Å².